The van der Waals surface area contributed by atoms with Crippen LogP contribution in [0.5, 0.6) is 0 Å². The molecule has 4 aromatic rings. The molecule has 0 atom stereocenters. The van der Waals surface area contributed by atoms with E-state index in [0.717, 1.165) is 5.56 Å². The molecular weight excluding hydrogens is 465 g/mol. The number of imidazole rings is 1. The molecule has 180 valence electrons. The number of hydrogen-bond acceptors (Lipinski definition) is 4. The van der Waals surface area contributed by atoms with Crippen molar-refractivity contribution in [1.29, 1.82) is 0 Å². The average Bonchev–Trinajstić information content (AvgIpc) is 3.27. The van der Waals surface area contributed by atoms with E-state index in [0.29, 0.717) is 23.4 Å². The average molecular weight is 492 g/mol. The highest BCUT2D eigenvalue weighted by Crippen LogP contribution is 2.21. The normalized spacial score (nSPS) is 11.4. The van der Waals surface area contributed by atoms with Crippen molar-refractivity contribution in [2.24, 2.45) is 0 Å². The van der Waals surface area contributed by atoms with Crippen molar-refractivity contribution >= 4 is 15.7 Å². The number of amides is 1. The molecule has 0 aliphatic heterocycles. The smallest absolute Gasteiger partial charge is 0.254 e. The number of hydrogen-bond donors (Lipinski definition) is 0. The standard InChI is InChI=1S/C27H26FN3O3S/c1-2-30(26(32)23-11-7-4-8-12-23)19-25-17-29-27(31(25)18-21-9-5-3-6-10-21)35(33,34)20-22-13-15-24(28)16-14-22/h3-17H,2,18-20H2,1H3. The fourth-order valence-electron chi connectivity index (χ4n) is 3.85. The third kappa shape index (κ3) is 5.84. The van der Waals surface area contributed by atoms with Crippen LogP contribution in [-0.2, 0) is 28.7 Å². The van der Waals surface area contributed by atoms with Gasteiger partial charge in [0.1, 0.15) is 5.82 Å². The molecule has 0 aliphatic rings. The number of sulfone groups is 1. The van der Waals surface area contributed by atoms with Gasteiger partial charge in [-0.2, -0.15) is 0 Å². The number of carbonyl (C=O) groups is 1. The molecule has 35 heavy (non-hydrogen) atoms. The molecule has 0 spiro atoms. The van der Waals surface area contributed by atoms with Crippen LogP contribution in [0.15, 0.2) is 96.3 Å². The molecule has 4 rings (SSSR count). The lowest BCUT2D eigenvalue weighted by atomic mass is 10.2. The molecule has 0 aliphatic carbocycles. The summed E-state index contributed by atoms with van der Waals surface area (Å²) < 4.78 is 41.7. The first-order valence-electron chi connectivity index (χ1n) is 11.3. The second-order valence-corrected chi connectivity index (χ2v) is 10.1. The molecule has 0 N–H and O–H groups in total. The number of rotatable bonds is 9. The van der Waals surface area contributed by atoms with Crippen LogP contribution < -0.4 is 0 Å². The Balaban J connectivity index is 1.69. The van der Waals surface area contributed by atoms with Crippen molar-refractivity contribution in [2.75, 3.05) is 6.54 Å². The summed E-state index contributed by atoms with van der Waals surface area (Å²) in [5.74, 6) is -0.878. The third-order valence-corrected chi connectivity index (χ3v) is 7.27. The van der Waals surface area contributed by atoms with Crippen LogP contribution in [0.3, 0.4) is 0 Å². The molecule has 0 saturated carbocycles. The monoisotopic (exact) mass is 491 g/mol. The van der Waals surface area contributed by atoms with Gasteiger partial charge in [-0.25, -0.2) is 17.8 Å². The van der Waals surface area contributed by atoms with Gasteiger partial charge in [-0.3, -0.25) is 4.79 Å². The Labute approximate surface area is 204 Å². The number of aromatic nitrogens is 2. The fraction of sp³-hybridized carbons (Fsp3) is 0.185. The van der Waals surface area contributed by atoms with E-state index in [4.69, 9.17) is 0 Å². The minimum atomic E-state index is -3.85. The van der Waals surface area contributed by atoms with Crippen molar-refractivity contribution in [1.82, 2.24) is 14.5 Å². The minimum Gasteiger partial charge on any atom is -0.333 e. The lowest BCUT2D eigenvalue weighted by Crippen LogP contribution is -2.31. The third-order valence-electron chi connectivity index (χ3n) is 5.68. The highest BCUT2D eigenvalue weighted by atomic mass is 32.2. The summed E-state index contributed by atoms with van der Waals surface area (Å²) >= 11 is 0. The Kier molecular flexibility index (Phi) is 7.41. The van der Waals surface area contributed by atoms with Gasteiger partial charge in [0.15, 0.2) is 0 Å². The zero-order valence-corrected chi connectivity index (χ0v) is 20.2. The van der Waals surface area contributed by atoms with E-state index in [2.05, 4.69) is 4.98 Å². The number of halogens is 1. The van der Waals surface area contributed by atoms with Gasteiger partial charge in [-0.05, 0) is 42.3 Å². The lowest BCUT2D eigenvalue weighted by molar-refractivity contribution is 0.0749. The van der Waals surface area contributed by atoms with Gasteiger partial charge in [0, 0.05) is 12.1 Å². The van der Waals surface area contributed by atoms with Gasteiger partial charge in [0.2, 0.25) is 15.0 Å². The van der Waals surface area contributed by atoms with Gasteiger partial charge in [0.25, 0.3) is 5.91 Å². The number of carbonyl (C=O) groups excluding carboxylic acids is 1. The number of nitrogens with zero attached hydrogens (tertiary/aromatic N) is 3. The van der Waals surface area contributed by atoms with Crippen molar-refractivity contribution < 1.29 is 17.6 Å². The highest BCUT2D eigenvalue weighted by Gasteiger charge is 2.26. The minimum absolute atomic E-state index is 0.0797. The van der Waals surface area contributed by atoms with E-state index in [1.54, 1.807) is 33.7 Å². The van der Waals surface area contributed by atoms with Gasteiger partial charge < -0.3 is 9.47 Å². The molecule has 6 nitrogen and oxygen atoms in total. The molecule has 0 unspecified atom stereocenters. The van der Waals surface area contributed by atoms with E-state index in [-0.39, 0.29) is 29.9 Å². The molecule has 0 radical (unpaired) electrons. The van der Waals surface area contributed by atoms with Crippen LogP contribution in [0.1, 0.15) is 34.1 Å². The first-order chi connectivity index (χ1) is 16.9. The van der Waals surface area contributed by atoms with Crippen LogP contribution in [-0.4, -0.2) is 35.3 Å². The maximum atomic E-state index is 13.4. The molecule has 1 amide bonds. The largest absolute Gasteiger partial charge is 0.333 e. The van der Waals surface area contributed by atoms with Crippen molar-refractivity contribution in [3.63, 3.8) is 0 Å². The molecule has 0 saturated heterocycles. The van der Waals surface area contributed by atoms with Crippen molar-refractivity contribution in [3.05, 3.63) is 119 Å². The Hall–Kier alpha value is -3.78. The van der Waals surface area contributed by atoms with E-state index in [1.165, 1.54) is 30.5 Å². The lowest BCUT2D eigenvalue weighted by Gasteiger charge is -2.22. The van der Waals surface area contributed by atoms with Crippen LogP contribution in [0, 0.1) is 5.82 Å². The summed E-state index contributed by atoms with van der Waals surface area (Å²) in [6.07, 6.45) is 1.52. The second-order valence-electron chi connectivity index (χ2n) is 8.17. The molecule has 1 heterocycles. The molecule has 3 aromatic carbocycles. The molecule has 1 aromatic heterocycles. The fourth-order valence-corrected chi connectivity index (χ4v) is 5.34. The number of benzene rings is 3. The van der Waals surface area contributed by atoms with Gasteiger partial charge >= 0.3 is 0 Å². The molecule has 0 bridgehead atoms. The Morgan fingerprint density at radius 1 is 0.914 bits per heavy atom. The summed E-state index contributed by atoms with van der Waals surface area (Å²) in [5.41, 5.74) is 2.55. The van der Waals surface area contributed by atoms with Crippen LogP contribution in [0.2, 0.25) is 0 Å². The van der Waals surface area contributed by atoms with E-state index < -0.39 is 15.7 Å². The van der Waals surface area contributed by atoms with Gasteiger partial charge in [-0.1, -0.05) is 60.7 Å². The van der Waals surface area contributed by atoms with Crippen LogP contribution >= 0.6 is 0 Å². The second kappa shape index (κ2) is 10.7. The topological polar surface area (TPSA) is 72.3 Å². The molecular formula is C27H26FN3O3S. The Morgan fingerprint density at radius 3 is 2.17 bits per heavy atom. The first kappa shape index (κ1) is 24.3. The van der Waals surface area contributed by atoms with Crippen molar-refractivity contribution in [3.8, 4) is 0 Å². The molecule has 0 fully saturated rings. The van der Waals surface area contributed by atoms with Crippen LogP contribution in [0.4, 0.5) is 4.39 Å². The quantitative estimate of drug-likeness (QED) is 0.340. The Bertz CT molecular complexity index is 1390. The summed E-state index contributed by atoms with van der Waals surface area (Å²) in [4.78, 5) is 19.0. The zero-order chi connectivity index (χ0) is 24.8. The summed E-state index contributed by atoms with van der Waals surface area (Å²) in [6.45, 7) is 2.81. The predicted molar refractivity (Wildman–Crippen MR) is 132 cm³/mol. The molecule has 8 heteroatoms. The van der Waals surface area contributed by atoms with E-state index in [1.807, 2.05) is 43.3 Å². The maximum Gasteiger partial charge on any atom is 0.254 e. The Morgan fingerprint density at radius 2 is 1.54 bits per heavy atom. The van der Waals surface area contributed by atoms with Gasteiger partial charge in [0.05, 0.1) is 30.7 Å². The SMILES string of the molecule is CCN(Cc1cnc(S(=O)(=O)Cc2ccc(F)cc2)n1Cc1ccccc1)C(=O)c1ccccc1. The van der Waals surface area contributed by atoms with E-state index >= 15 is 0 Å². The van der Waals surface area contributed by atoms with Crippen molar-refractivity contribution in [2.45, 2.75) is 30.9 Å². The predicted octanol–water partition coefficient (Wildman–Crippen LogP) is 4.71. The maximum absolute atomic E-state index is 13.4. The van der Waals surface area contributed by atoms with E-state index in [9.17, 15) is 17.6 Å². The first-order valence-corrected chi connectivity index (χ1v) is 12.9. The van der Waals surface area contributed by atoms with Crippen LogP contribution in [0.25, 0.3) is 0 Å². The zero-order valence-electron chi connectivity index (χ0n) is 19.3. The van der Waals surface area contributed by atoms with Gasteiger partial charge in [-0.15, -0.1) is 0 Å². The summed E-state index contributed by atoms with van der Waals surface area (Å²) in [7, 11) is -3.85. The summed E-state index contributed by atoms with van der Waals surface area (Å²) in [5, 5.41) is -0.0797. The highest BCUT2D eigenvalue weighted by molar-refractivity contribution is 7.90. The summed E-state index contributed by atoms with van der Waals surface area (Å²) in [6, 6.07) is 23.8.